The smallest absolute Gasteiger partial charge is 0.123 e. The van der Waals surface area contributed by atoms with Crippen LogP contribution < -0.4 is 0 Å². The quantitative estimate of drug-likeness (QED) is 0.673. The van der Waals surface area contributed by atoms with Crippen LogP contribution in [0.2, 0.25) is 0 Å². The largest absolute Gasteiger partial charge is 0.364 e. The van der Waals surface area contributed by atoms with Crippen molar-refractivity contribution in [3.63, 3.8) is 0 Å². The third kappa shape index (κ3) is 1.81. The molecule has 18 heavy (non-hydrogen) atoms. The highest BCUT2D eigenvalue weighted by Gasteiger charge is 2.09. The lowest BCUT2D eigenvalue weighted by Crippen LogP contribution is -2.01. The van der Waals surface area contributed by atoms with Crippen molar-refractivity contribution in [2.24, 2.45) is 0 Å². The number of hydrogen-bond donors (Lipinski definition) is 0. The van der Waals surface area contributed by atoms with Gasteiger partial charge in [0.15, 0.2) is 0 Å². The Morgan fingerprint density at radius 2 is 1.67 bits per heavy atom. The zero-order valence-electron chi connectivity index (χ0n) is 10.3. The summed E-state index contributed by atoms with van der Waals surface area (Å²) in [5, 5.41) is 1.24. The molecule has 90 valence electrons. The van der Waals surface area contributed by atoms with Crippen LogP contribution in [0.3, 0.4) is 0 Å². The molecule has 0 saturated heterocycles. The average Bonchev–Trinajstić information content (AvgIpc) is 2.80. The van der Waals surface area contributed by atoms with Gasteiger partial charge in [0.05, 0.1) is 11.2 Å². The molecule has 0 atom stereocenters. The molecule has 0 aliphatic rings. The number of aromatic nitrogens is 1. The third-order valence-corrected chi connectivity index (χ3v) is 3.14. The fraction of sp³-hybridized carbons (Fsp3) is 0.125. The molecule has 0 radical (unpaired) electrons. The van der Waals surface area contributed by atoms with Crippen LogP contribution in [-0.2, 0) is 11.5 Å². The first-order valence-electron chi connectivity index (χ1n) is 6.03. The van der Waals surface area contributed by atoms with E-state index in [4.69, 9.17) is 4.74 Å². The summed E-state index contributed by atoms with van der Waals surface area (Å²) >= 11 is 0. The van der Waals surface area contributed by atoms with Gasteiger partial charge in [-0.05, 0) is 17.7 Å². The second kappa shape index (κ2) is 4.67. The molecule has 0 spiro atoms. The van der Waals surface area contributed by atoms with E-state index in [2.05, 4.69) is 59.2 Å². The van der Waals surface area contributed by atoms with Gasteiger partial charge in [-0.15, -0.1) is 0 Å². The van der Waals surface area contributed by atoms with Gasteiger partial charge in [-0.25, -0.2) is 0 Å². The fourth-order valence-electron chi connectivity index (χ4n) is 2.33. The normalized spacial score (nSPS) is 10.9. The number of fused-ring (bicyclic) bond motifs is 1. The Bertz CT molecular complexity index is 655. The summed E-state index contributed by atoms with van der Waals surface area (Å²) in [6.07, 6.45) is 0. The molecule has 0 unspecified atom stereocenters. The lowest BCUT2D eigenvalue weighted by molar-refractivity contribution is 0.136. The number of ether oxygens (including phenoxy) is 1. The van der Waals surface area contributed by atoms with Crippen molar-refractivity contribution < 1.29 is 4.74 Å². The Balaban J connectivity index is 2.25. The van der Waals surface area contributed by atoms with E-state index in [1.54, 1.807) is 7.11 Å². The molecular formula is C16H15NO. The molecule has 3 aromatic rings. The van der Waals surface area contributed by atoms with Gasteiger partial charge < -0.3 is 9.30 Å². The minimum Gasteiger partial charge on any atom is -0.364 e. The molecule has 3 rings (SSSR count). The topological polar surface area (TPSA) is 14.2 Å². The second-order valence-electron chi connectivity index (χ2n) is 4.30. The van der Waals surface area contributed by atoms with Crippen LogP contribution in [0.15, 0.2) is 60.7 Å². The highest BCUT2D eigenvalue weighted by atomic mass is 16.5. The van der Waals surface area contributed by atoms with Gasteiger partial charge in [0, 0.05) is 12.5 Å². The number of benzene rings is 2. The van der Waals surface area contributed by atoms with E-state index in [-0.39, 0.29) is 0 Å². The molecular weight excluding hydrogens is 222 g/mol. The van der Waals surface area contributed by atoms with Gasteiger partial charge in [0.1, 0.15) is 6.73 Å². The minimum absolute atomic E-state index is 0.567. The lowest BCUT2D eigenvalue weighted by Gasteiger charge is -2.09. The second-order valence-corrected chi connectivity index (χ2v) is 4.30. The third-order valence-electron chi connectivity index (χ3n) is 3.14. The van der Waals surface area contributed by atoms with Crippen LogP contribution in [0.4, 0.5) is 0 Å². The Labute approximate surface area is 106 Å². The predicted octanol–water partition coefficient (Wildman–Crippen LogP) is 3.91. The van der Waals surface area contributed by atoms with Crippen LogP contribution in [0.25, 0.3) is 22.2 Å². The van der Waals surface area contributed by atoms with Gasteiger partial charge in [-0.1, -0.05) is 48.5 Å². The molecule has 1 aromatic heterocycles. The van der Waals surface area contributed by atoms with Crippen LogP contribution in [0.1, 0.15) is 0 Å². The Kier molecular flexibility index (Phi) is 2.87. The van der Waals surface area contributed by atoms with Crippen molar-refractivity contribution in [2.75, 3.05) is 7.11 Å². The minimum atomic E-state index is 0.567. The number of hydrogen-bond acceptors (Lipinski definition) is 1. The number of para-hydroxylation sites is 1. The lowest BCUT2D eigenvalue weighted by atomic mass is 10.1. The monoisotopic (exact) mass is 237 g/mol. The first-order chi connectivity index (χ1) is 8.90. The van der Waals surface area contributed by atoms with E-state index in [0.717, 1.165) is 0 Å². The van der Waals surface area contributed by atoms with Crippen molar-refractivity contribution in [1.29, 1.82) is 0 Å². The summed E-state index contributed by atoms with van der Waals surface area (Å²) in [6, 6.07) is 21.0. The first kappa shape index (κ1) is 11.1. The molecule has 0 aliphatic carbocycles. The van der Waals surface area contributed by atoms with E-state index < -0.39 is 0 Å². The van der Waals surface area contributed by atoms with Crippen molar-refractivity contribution in [1.82, 2.24) is 4.57 Å². The zero-order valence-corrected chi connectivity index (χ0v) is 10.3. The summed E-state index contributed by atoms with van der Waals surface area (Å²) in [5.74, 6) is 0. The maximum Gasteiger partial charge on any atom is 0.123 e. The Hall–Kier alpha value is -2.06. The summed E-state index contributed by atoms with van der Waals surface area (Å²) in [7, 11) is 1.73. The predicted molar refractivity (Wildman–Crippen MR) is 74.4 cm³/mol. The molecule has 1 heterocycles. The molecule has 2 nitrogen and oxygen atoms in total. The van der Waals surface area contributed by atoms with E-state index in [9.17, 15) is 0 Å². The summed E-state index contributed by atoms with van der Waals surface area (Å²) in [5.41, 5.74) is 3.61. The van der Waals surface area contributed by atoms with Crippen LogP contribution >= 0.6 is 0 Å². The maximum atomic E-state index is 5.32. The van der Waals surface area contributed by atoms with Crippen LogP contribution in [0, 0.1) is 0 Å². The molecule has 0 N–H and O–H groups in total. The summed E-state index contributed by atoms with van der Waals surface area (Å²) in [6.45, 7) is 0.567. The van der Waals surface area contributed by atoms with E-state index >= 15 is 0 Å². The number of methoxy groups -OCH3 is 1. The SMILES string of the molecule is COCn1c(-c2ccccc2)cc2ccccc21. The van der Waals surface area contributed by atoms with Crippen LogP contribution in [-0.4, -0.2) is 11.7 Å². The summed E-state index contributed by atoms with van der Waals surface area (Å²) < 4.78 is 7.52. The van der Waals surface area contributed by atoms with E-state index in [0.29, 0.717) is 6.73 Å². The van der Waals surface area contributed by atoms with Crippen molar-refractivity contribution in [3.8, 4) is 11.3 Å². The molecule has 2 aromatic carbocycles. The van der Waals surface area contributed by atoms with Crippen molar-refractivity contribution in [2.45, 2.75) is 6.73 Å². The fourth-order valence-corrected chi connectivity index (χ4v) is 2.33. The van der Waals surface area contributed by atoms with Crippen molar-refractivity contribution >= 4 is 10.9 Å². The molecule has 0 aliphatic heterocycles. The summed E-state index contributed by atoms with van der Waals surface area (Å²) in [4.78, 5) is 0. The van der Waals surface area contributed by atoms with Gasteiger partial charge >= 0.3 is 0 Å². The molecule has 2 heteroatoms. The molecule has 0 amide bonds. The zero-order chi connectivity index (χ0) is 12.4. The maximum absolute atomic E-state index is 5.32. The molecule has 0 bridgehead atoms. The molecule has 0 fully saturated rings. The van der Waals surface area contributed by atoms with Crippen LogP contribution in [0.5, 0.6) is 0 Å². The Morgan fingerprint density at radius 1 is 0.944 bits per heavy atom. The first-order valence-corrected chi connectivity index (χ1v) is 6.03. The average molecular weight is 237 g/mol. The molecule has 0 saturated carbocycles. The van der Waals surface area contributed by atoms with E-state index in [1.165, 1.54) is 22.2 Å². The number of rotatable bonds is 3. The van der Waals surface area contributed by atoms with Gasteiger partial charge in [0.2, 0.25) is 0 Å². The van der Waals surface area contributed by atoms with Gasteiger partial charge in [0.25, 0.3) is 0 Å². The highest BCUT2D eigenvalue weighted by Crippen LogP contribution is 2.27. The van der Waals surface area contributed by atoms with Gasteiger partial charge in [-0.2, -0.15) is 0 Å². The van der Waals surface area contributed by atoms with E-state index in [1.807, 2.05) is 6.07 Å². The standard InChI is InChI=1S/C16H15NO/c1-18-12-17-15-10-6-5-9-14(15)11-16(17)13-7-3-2-4-8-13/h2-11H,12H2,1H3. The number of nitrogens with zero attached hydrogens (tertiary/aromatic N) is 1. The highest BCUT2D eigenvalue weighted by molar-refractivity contribution is 5.86. The van der Waals surface area contributed by atoms with Gasteiger partial charge in [-0.3, -0.25) is 0 Å². The van der Waals surface area contributed by atoms with Crippen molar-refractivity contribution in [3.05, 3.63) is 60.7 Å². The Morgan fingerprint density at radius 3 is 2.44 bits per heavy atom.